The van der Waals surface area contributed by atoms with Crippen LogP contribution in [0.3, 0.4) is 0 Å². The molecule has 12 heavy (non-hydrogen) atoms. The number of benzene rings is 1. The van der Waals surface area contributed by atoms with Crippen molar-refractivity contribution in [3.63, 3.8) is 0 Å². The summed E-state index contributed by atoms with van der Waals surface area (Å²) in [5, 5.41) is 1.02. The summed E-state index contributed by atoms with van der Waals surface area (Å²) in [5.41, 5.74) is 1.58. The maximum Gasteiger partial charge on any atom is 0.251 e. The van der Waals surface area contributed by atoms with E-state index in [-0.39, 0.29) is 5.56 Å². The van der Waals surface area contributed by atoms with Gasteiger partial charge in [-0.15, -0.1) is 0 Å². The minimum atomic E-state index is -0.0197. The Hall–Kier alpha value is -1.57. The summed E-state index contributed by atoms with van der Waals surface area (Å²) in [6.07, 6.45) is 0. The van der Waals surface area contributed by atoms with Crippen molar-refractivity contribution in [1.82, 2.24) is 4.98 Å². The molecule has 0 fully saturated rings. The summed E-state index contributed by atoms with van der Waals surface area (Å²) in [5.74, 6) is 0. The van der Waals surface area contributed by atoms with Gasteiger partial charge in [-0.3, -0.25) is 4.79 Å². The van der Waals surface area contributed by atoms with Crippen LogP contribution in [0.2, 0.25) is 0 Å². The van der Waals surface area contributed by atoms with Crippen LogP contribution in [-0.4, -0.2) is 4.98 Å². The SMILES string of the molecule is Cc1cc2c[c]ccc2[nH]c1=O. The average Bonchev–Trinajstić information content (AvgIpc) is 2.07. The van der Waals surface area contributed by atoms with Crippen molar-refractivity contribution in [1.29, 1.82) is 0 Å². The lowest BCUT2D eigenvalue weighted by Gasteiger charge is -1.96. The van der Waals surface area contributed by atoms with E-state index in [1.807, 2.05) is 18.2 Å². The first-order chi connectivity index (χ1) is 5.77. The van der Waals surface area contributed by atoms with E-state index in [1.165, 1.54) is 0 Å². The van der Waals surface area contributed by atoms with E-state index in [1.54, 1.807) is 13.0 Å². The minimum Gasteiger partial charge on any atom is -0.322 e. The lowest BCUT2D eigenvalue weighted by Crippen LogP contribution is -2.08. The third kappa shape index (κ3) is 1.01. The summed E-state index contributed by atoms with van der Waals surface area (Å²) in [6.45, 7) is 1.80. The van der Waals surface area contributed by atoms with Crippen LogP contribution in [-0.2, 0) is 0 Å². The minimum absolute atomic E-state index is 0.0197. The first-order valence-corrected chi connectivity index (χ1v) is 3.77. The molecular weight excluding hydrogens is 150 g/mol. The molecule has 0 amide bonds. The highest BCUT2D eigenvalue weighted by Crippen LogP contribution is 2.08. The molecule has 1 aromatic carbocycles. The Morgan fingerprint density at radius 2 is 2.33 bits per heavy atom. The summed E-state index contributed by atoms with van der Waals surface area (Å²) in [7, 11) is 0. The van der Waals surface area contributed by atoms with E-state index >= 15 is 0 Å². The Morgan fingerprint density at radius 1 is 1.50 bits per heavy atom. The van der Waals surface area contributed by atoms with Crippen molar-refractivity contribution in [2.24, 2.45) is 0 Å². The van der Waals surface area contributed by atoms with Gasteiger partial charge >= 0.3 is 0 Å². The molecule has 59 valence electrons. The third-order valence-corrected chi connectivity index (χ3v) is 1.87. The van der Waals surface area contributed by atoms with Crippen molar-refractivity contribution >= 4 is 10.9 Å². The molecule has 0 aliphatic heterocycles. The van der Waals surface area contributed by atoms with Crippen LogP contribution in [0.5, 0.6) is 0 Å². The van der Waals surface area contributed by atoms with Gasteiger partial charge in [0.25, 0.3) is 5.56 Å². The summed E-state index contributed by atoms with van der Waals surface area (Å²) in [6, 6.07) is 10.3. The fourth-order valence-corrected chi connectivity index (χ4v) is 1.20. The molecular formula is C10H8NO. The molecule has 2 nitrogen and oxygen atoms in total. The van der Waals surface area contributed by atoms with Gasteiger partial charge in [-0.2, -0.15) is 0 Å². The molecule has 2 rings (SSSR count). The lowest BCUT2D eigenvalue weighted by molar-refractivity contribution is 1.24. The number of pyridine rings is 1. The van der Waals surface area contributed by atoms with E-state index in [4.69, 9.17) is 0 Å². The second-order valence-electron chi connectivity index (χ2n) is 2.79. The fraction of sp³-hybridized carbons (Fsp3) is 0.100. The smallest absolute Gasteiger partial charge is 0.251 e. The van der Waals surface area contributed by atoms with E-state index in [0.717, 1.165) is 16.5 Å². The van der Waals surface area contributed by atoms with Gasteiger partial charge in [0, 0.05) is 11.1 Å². The first-order valence-electron chi connectivity index (χ1n) is 3.77. The van der Waals surface area contributed by atoms with Crippen molar-refractivity contribution in [3.8, 4) is 0 Å². The second kappa shape index (κ2) is 2.48. The Morgan fingerprint density at radius 3 is 3.17 bits per heavy atom. The second-order valence-corrected chi connectivity index (χ2v) is 2.79. The van der Waals surface area contributed by atoms with Crippen molar-refractivity contribution in [2.45, 2.75) is 6.92 Å². The number of fused-ring (bicyclic) bond motifs is 1. The van der Waals surface area contributed by atoms with E-state index in [0.29, 0.717) is 0 Å². The van der Waals surface area contributed by atoms with Crippen LogP contribution in [0.1, 0.15) is 5.56 Å². The quantitative estimate of drug-likeness (QED) is 0.621. The van der Waals surface area contributed by atoms with Gasteiger partial charge in [-0.05, 0) is 36.6 Å². The number of nitrogens with one attached hydrogen (secondary N) is 1. The number of aromatic amines is 1. The summed E-state index contributed by atoms with van der Waals surface area (Å²) < 4.78 is 0. The van der Waals surface area contributed by atoms with Crippen LogP contribution in [0.4, 0.5) is 0 Å². The zero-order chi connectivity index (χ0) is 8.55. The average molecular weight is 158 g/mol. The zero-order valence-corrected chi connectivity index (χ0v) is 6.72. The maximum atomic E-state index is 11.2. The zero-order valence-electron chi connectivity index (χ0n) is 6.72. The predicted molar refractivity (Wildman–Crippen MR) is 48.1 cm³/mol. The van der Waals surface area contributed by atoms with E-state index in [2.05, 4.69) is 11.1 Å². The van der Waals surface area contributed by atoms with Gasteiger partial charge in [0.1, 0.15) is 0 Å². The summed E-state index contributed by atoms with van der Waals surface area (Å²) >= 11 is 0. The Kier molecular flexibility index (Phi) is 1.47. The molecule has 0 aliphatic rings. The molecule has 1 aromatic heterocycles. The molecule has 0 bridgehead atoms. The van der Waals surface area contributed by atoms with Gasteiger partial charge in [0.2, 0.25) is 0 Å². The molecule has 0 spiro atoms. The van der Waals surface area contributed by atoms with Crippen LogP contribution in [0, 0.1) is 13.0 Å². The van der Waals surface area contributed by atoms with Crippen LogP contribution in [0.15, 0.2) is 29.1 Å². The molecule has 0 aliphatic carbocycles. The maximum absolute atomic E-state index is 11.2. The number of hydrogen-bond acceptors (Lipinski definition) is 1. The molecule has 0 unspecified atom stereocenters. The van der Waals surface area contributed by atoms with Crippen LogP contribution < -0.4 is 5.56 Å². The fourth-order valence-electron chi connectivity index (χ4n) is 1.20. The van der Waals surface area contributed by atoms with Crippen molar-refractivity contribution in [3.05, 3.63) is 46.2 Å². The standard InChI is InChI=1S/C10H8NO/c1-7-6-8-4-2-3-5-9(8)11-10(7)12/h3-6H,1H3,(H,11,12). The largest absolute Gasteiger partial charge is 0.322 e. The highest BCUT2D eigenvalue weighted by molar-refractivity contribution is 5.78. The third-order valence-electron chi connectivity index (χ3n) is 1.87. The Bertz CT molecular complexity index is 470. The van der Waals surface area contributed by atoms with Gasteiger partial charge < -0.3 is 4.98 Å². The molecule has 1 heterocycles. The number of rotatable bonds is 0. The number of aromatic nitrogens is 1. The number of H-pyrrole nitrogens is 1. The molecule has 0 saturated carbocycles. The van der Waals surface area contributed by atoms with Gasteiger partial charge in [0.05, 0.1) is 0 Å². The molecule has 0 atom stereocenters. The van der Waals surface area contributed by atoms with E-state index < -0.39 is 0 Å². The lowest BCUT2D eigenvalue weighted by atomic mass is 10.2. The highest BCUT2D eigenvalue weighted by Gasteiger charge is 1.95. The predicted octanol–water partition coefficient (Wildman–Crippen LogP) is 1.64. The van der Waals surface area contributed by atoms with Crippen molar-refractivity contribution in [2.75, 3.05) is 0 Å². The topological polar surface area (TPSA) is 32.9 Å². The monoisotopic (exact) mass is 158 g/mol. The first kappa shape index (κ1) is 7.10. The molecule has 1 radical (unpaired) electrons. The molecule has 0 saturated heterocycles. The van der Waals surface area contributed by atoms with Gasteiger partial charge in [-0.1, -0.05) is 6.07 Å². The number of aryl methyl sites for hydroxylation is 1. The highest BCUT2D eigenvalue weighted by atomic mass is 16.1. The molecule has 1 N–H and O–H groups in total. The number of hydrogen-bond donors (Lipinski definition) is 1. The van der Waals surface area contributed by atoms with Crippen LogP contribution >= 0.6 is 0 Å². The van der Waals surface area contributed by atoms with Gasteiger partial charge in [0.15, 0.2) is 0 Å². The normalized spacial score (nSPS) is 10.4. The Balaban J connectivity index is 2.93. The Labute approximate surface area is 69.9 Å². The molecule has 2 aromatic rings. The van der Waals surface area contributed by atoms with Crippen molar-refractivity contribution < 1.29 is 0 Å². The molecule has 2 heteroatoms. The summed E-state index contributed by atoms with van der Waals surface area (Å²) in [4.78, 5) is 13.9. The van der Waals surface area contributed by atoms with Crippen LogP contribution in [0.25, 0.3) is 10.9 Å². The van der Waals surface area contributed by atoms with Gasteiger partial charge in [-0.25, -0.2) is 0 Å². The van der Waals surface area contributed by atoms with E-state index in [9.17, 15) is 4.79 Å².